The van der Waals surface area contributed by atoms with Crippen molar-refractivity contribution in [3.05, 3.63) is 41.7 Å². The van der Waals surface area contributed by atoms with Crippen molar-refractivity contribution in [3.63, 3.8) is 0 Å². The second-order valence-electron chi connectivity index (χ2n) is 11.8. The standard InChI is InChI=1S/C31H48N10O/c32-16-5-18-34-17-3-4-19-35-30(42)23-10-8-22(9-11-23)20-36-28-27-29(41(21-37-27)26-6-1-2-7-26)40-31(39-28)38-25-14-12-24(33)13-15-25/h8-11,21,24-26,34H,1-7,12-20,32-33H2,(H,35,42)(H2,36,38,39,40). The predicted molar refractivity (Wildman–Crippen MR) is 169 cm³/mol. The van der Waals surface area contributed by atoms with Gasteiger partial charge in [0.2, 0.25) is 5.95 Å². The largest absolute Gasteiger partial charge is 0.364 e. The minimum atomic E-state index is -0.0417. The molecule has 8 N–H and O–H groups in total. The molecule has 228 valence electrons. The number of unbranched alkanes of at least 4 members (excludes halogenated alkanes) is 1. The zero-order valence-corrected chi connectivity index (χ0v) is 24.8. The fourth-order valence-corrected chi connectivity index (χ4v) is 5.99. The lowest BCUT2D eigenvalue weighted by atomic mass is 9.92. The molecular weight excluding hydrogens is 528 g/mol. The van der Waals surface area contributed by atoms with E-state index in [1.807, 2.05) is 30.6 Å². The maximum absolute atomic E-state index is 12.6. The molecule has 1 amide bonds. The van der Waals surface area contributed by atoms with E-state index >= 15 is 0 Å². The zero-order chi connectivity index (χ0) is 29.1. The Morgan fingerprint density at radius 3 is 2.43 bits per heavy atom. The van der Waals surface area contributed by atoms with Gasteiger partial charge in [0.15, 0.2) is 17.0 Å². The molecule has 1 aromatic carbocycles. The van der Waals surface area contributed by atoms with Crippen molar-refractivity contribution < 1.29 is 4.79 Å². The van der Waals surface area contributed by atoms with Crippen LogP contribution in [0.25, 0.3) is 11.2 Å². The first-order valence-electron chi connectivity index (χ1n) is 15.9. The number of anilines is 2. The monoisotopic (exact) mass is 576 g/mol. The first-order chi connectivity index (χ1) is 20.6. The summed E-state index contributed by atoms with van der Waals surface area (Å²) in [6.07, 6.45) is 13.8. The lowest BCUT2D eigenvalue weighted by Gasteiger charge is -2.27. The number of nitrogens with zero attached hydrogens (tertiary/aromatic N) is 4. The van der Waals surface area contributed by atoms with Gasteiger partial charge in [0.25, 0.3) is 5.91 Å². The number of aromatic nitrogens is 4. The van der Waals surface area contributed by atoms with E-state index in [1.54, 1.807) is 0 Å². The fraction of sp³-hybridized carbons (Fsp3) is 0.613. The van der Waals surface area contributed by atoms with Gasteiger partial charge in [-0.05, 0) is 95.1 Å². The molecule has 0 aliphatic heterocycles. The highest BCUT2D eigenvalue weighted by Gasteiger charge is 2.24. The Labute approximate surface area is 249 Å². The van der Waals surface area contributed by atoms with E-state index in [1.165, 1.54) is 12.8 Å². The summed E-state index contributed by atoms with van der Waals surface area (Å²) in [6, 6.07) is 8.80. The molecule has 0 saturated heterocycles. The number of hydrogen-bond donors (Lipinski definition) is 6. The summed E-state index contributed by atoms with van der Waals surface area (Å²) >= 11 is 0. The van der Waals surface area contributed by atoms with Crippen LogP contribution in [-0.2, 0) is 6.54 Å². The summed E-state index contributed by atoms with van der Waals surface area (Å²) in [6.45, 7) is 3.85. The normalized spacial score (nSPS) is 19.3. The van der Waals surface area contributed by atoms with Crippen LogP contribution in [-0.4, -0.2) is 63.7 Å². The molecule has 2 aliphatic rings. The van der Waals surface area contributed by atoms with Crippen LogP contribution in [0.15, 0.2) is 30.6 Å². The van der Waals surface area contributed by atoms with Crippen molar-refractivity contribution in [2.24, 2.45) is 11.5 Å². The summed E-state index contributed by atoms with van der Waals surface area (Å²) < 4.78 is 2.24. The van der Waals surface area contributed by atoms with Gasteiger partial charge in [-0.1, -0.05) is 25.0 Å². The van der Waals surface area contributed by atoms with Gasteiger partial charge in [-0.3, -0.25) is 4.79 Å². The van der Waals surface area contributed by atoms with Gasteiger partial charge in [-0.2, -0.15) is 9.97 Å². The van der Waals surface area contributed by atoms with E-state index in [2.05, 4.69) is 25.8 Å². The molecule has 2 fully saturated rings. The van der Waals surface area contributed by atoms with E-state index in [4.69, 9.17) is 26.4 Å². The Morgan fingerprint density at radius 1 is 0.929 bits per heavy atom. The number of amides is 1. The summed E-state index contributed by atoms with van der Waals surface area (Å²) in [5.74, 6) is 1.33. The number of carbonyl (C=O) groups is 1. The molecule has 2 heterocycles. The Bertz CT molecular complexity index is 1260. The third kappa shape index (κ3) is 8.17. The van der Waals surface area contributed by atoms with Crippen LogP contribution in [0.5, 0.6) is 0 Å². The number of benzene rings is 1. The molecule has 0 atom stereocenters. The van der Waals surface area contributed by atoms with Crippen molar-refractivity contribution in [3.8, 4) is 0 Å². The summed E-state index contributed by atoms with van der Waals surface area (Å²) in [5.41, 5.74) is 15.0. The van der Waals surface area contributed by atoms with Crippen molar-refractivity contribution in [1.82, 2.24) is 30.2 Å². The molecule has 0 radical (unpaired) electrons. The van der Waals surface area contributed by atoms with Crippen molar-refractivity contribution >= 4 is 28.8 Å². The summed E-state index contributed by atoms with van der Waals surface area (Å²) in [5, 5.41) is 13.5. The summed E-state index contributed by atoms with van der Waals surface area (Å²) in [4.78, 5) is 27.1. The van der Waals surface area contributed by atoms with Crippen LogP contribution in [0.3, 0.4) is 0 Å². The van der Waals surface area contributed by atoms with Gasteiger partial charge < -0.3 is 37.3 Å². The molecule has 2 aliphatic carbocycles. The van der Waals surface area contributed by atoms with E-state index in [0.29, 0.717) is 49.3 Å². The number of carbonyl (C=O) groups excluding carboxylic acids is 1. The molecule has 0 bridgehead atoms. The maximum atomic E-state index is 12.6. The molecule has 0 unspecified atom stereocenters. The lowest BCUT2D eigenvalue weighted by molar-refractivity contribution is 0.0953. The topological polar surface area (TPSA) is 161 Å². The van der Waals surface area contributed by atoms with Crippen LogP contribution in [0, 0.1) is 0 Å². The Balaban J connectivity index is 1.19. The minimum Gasteiger partial charge on any atom is -0.364 e. The number of nitrogens with two attached hydrogens (primary N) is 2. The average Bonchev–Trinajstić information content (AvgIpc) is 3.69. The molecule has 0 spiro atoms. The maximum Gasteiger partial charge on any atom is 0.251 e. The SMILES string of the molecule is NCCCNCCCCNC(=O)c1ccc(CNc2nc(NC3CCC(N)CC3)nc3c2ncn3C2CCCC2)cc1. The van der Waals surface area contributed by atoms with Gasteiger partial charge >= 0.3 is 0 Å². The highest BCUT2D eigenvalue weighted by Crippen LogP contribution is 2.33. The van der Waals surface area contributed by atoms with E-state index in [-0.39, 0.29) is 5.91 Å². The highest BCUT2D eigenvalue weighted by molar-refractivity contribution is 5.94. The van der Waals surface area contributed by atoms with Crippen LogP contribution < -0.4 is 32.7 Å². The second kappa shape index (κ2) is 15.3. The molecule has 11 heteroatoms. The first kappa shape index (κ1) is 30.2. The minimum absolute atomic E-state index is 0.0417. The van der Waals surface area contributed by atoms with E-state index in [9.17, 15) is 4.79 Å². The first-order valence-corrected chi connectivity index (χ1v) is 15.9. The van der Waals surface area contributed by atoms with Crippen LogP contribution in [0.2, 0.25) is 0 Å². The van der Waals surface area contributed by atoms with Gasteiger partial charge in [0, 0.05) is 36.8 Å². The van der Waals surface area contributed by atoms with Crippen LogP contribution >= 0.6 is 0 Å². The van der Waals surface area contributed by atoms with E-state index in [0.717, 1.165) is 93.4 Å². The molecular formula is C31H48N10O. The van der Waals surface area contributed by atoms with Crippen LogP contribution in [0.4, 0.5) is 11.8 Å². The molecule has 2 saturated carbocycles. The molecule has 3 aromatic rings. The molecule has 2 aromatic heterocycles. The van der Waals surface area contributed by atoms with Crippen molar-refractivity contribution in [1.29, 1.82) is 0 Å². The highest BCUT2D eigenvalue weighted by atomic mass is 16.1. The summed E-state index contributed by atoms with van der Waals surface area (Å²) in [7, 11) is 0. The molecule has 11 nitrogen and oxygen atoms in total. The van der Waals surface area contributed by atoms with E-state index < -0.39 is 0 Å². The average molecular weight is 577 g/mol. The van der Waals surface area contributed by atoms with Gasteiger partial charge in [-0.15, -0.1) is 0 Å². The Kier molecular flexibility index (Phi) is 11.0. The zero-order valence-electron chi connectivity index (χ0n) is 24.8. The van der Waals surface area contributed by atoms with Gasteiger partial charge in [0.1, 0.15) is 0 Å². The number of rotatable bonds is 15. The number of imidazole rings is 1. The quantitative estimate of drug-likeness (QED) is 0.148. The third-order valence-electron chi connectivity index (χ3n) is 8.54. The second-order valence-corrected chi connectivity index (χ2v) is 11.8. The van der Waals surface area contributed by atoms with Crippen LogP contribution in [0.1, 0.15) is 92.6 Å². The number of hydrogen-bond acceptors (Lipinski definition) is 9. The Morgan fingerprint density at radius 2 is 1.67 bits per heavy atom. The predicted octanol–water partition coefficient (Wildman–Crippen LogP) is 3.68. The lowest BCUT2D eigenvalue weighted by Crippen LogP contribution is -2.33. The molecule has 42 heavy (non-hydrogen) atoms. The number of fused-ring (bicyclic) bond motifs is 1. The van der Waals surface area contributed by atoms with Crippen molar-refractivity contribution in [2.75, 3.05) is 36.8 Å². The number of nitrogens with one attached hydrogen (secondary N) is 4. The third-order valence-corrected chi connectivity index (χ3v) is 8.54. The fourth-order valence-electron chi connectivity index (χ4n) is 5.99. The van der Waals surface area contributed by atoms with Gasteiger partial charge in [-0.25, -0.2) is 4.98 Å². The van der Waals surface area contributed by atoms with Crippen molar-refractivity contribution in [2.45, 2.75) is 95.3 Å². The molecule has 5 rings (SSSR count). The Hall–Kier alpha value is -3.28. The smallest absolute Gasteiger partial charge is 0.251 e. The van der Waals surface area contributed by atoms with Gasteiger partial charge in [0.05, 0.1) is 6.33 Å².